The molecule has 1 aliphatic rings. The Morgan fingerprint density at radius 1 is 1.35 bits per heavy atom. The van der Waals surface area contributed by atoms with Crippen LogP contribution in [0.5, 0.6) is 0 Å². The molecule has 6 heteroatoms. The van der Waals surface area contributed by atoms with Crippen LogP contribution in [0.15, 0.2) is 24.3 Å². The molecule has 0 saturated carbocycles. The number of nitrogen functional groups attached to an aromatic ring is 1. The first-order valence-corrected chi connectivity index (χ1v) is 7.93. The van der Waals surface area contributed by atoms with E-state index >= 15 is 0 Å². The highest BCUT2D eigenvalue weighted by atomic mass is 35.5. The molecular formula is C17H29Cl2N3O. The molecule has 1 atom stereocenters. The lowest BCUT2D eigenvalue weighted by Crippen LogP contribution is -2.41. The van der Waals surface area contributed by atoms with Gasteiger partial charge in [0.15, 0.2) is 0 Å². The number of nitrogens with zero attached hydrogens (tertiary/aromatic N) is 2. The number of carbonyl (C=O) groups is 1. The number of rotatable bonds is 6. The van der Waals surface area contributed by atoms with E-state index in [9.17, 15) is 4.79 Å². The maximum Gasteiger partial charge on any atom is 0.222 e. The number of aryl methyl sites for hydroxylation is 1. The molecule has 2 N–H and O–H groups in total. The largest absolute Gasteiger partial charge is 0.399 e. The van der Waals surface area contributed by atoms with Gasteiger partial charge < -0.3 is 10.6 Å². The number of likely N-dealkylation sites (tertiary alicyclic amines) is 1. The standard InChI is InChI=1S/C17H27N3O.2ClH/c1-3-20-12-6-8-15(20)13-19(2)17(21)11-10-14-7-4-5-9-16(14)18;;/h4-5,7,9,15H,3,6,8,10-13,18H2,1-2H3;2*1H. The first kappa shape index (κ1) is 22.0. The molecule has 0 bridgehead atoms. The summed E-state index contributed by atoms with van der Waals surface area (Å²) in [5.74, 6) is 0.209. The van der Waals surface area contributed by atoms with E-state index in [1.807, 2.05) is 36.2 Å². The fourth-order valence-electron chi connectivity index (χ4n) is 3.13. The summed E-state index contributed by atoms with van der Waals surface area (Å²) < 4.78 is 0. The van der Waals surface area contributed by atoms with Crippen molar-refractivity contribution in [3.63, 3.8) is 0 Å². The van der Waals surface area contributed by atoms with Crippen LogP contribution in [0.1, 0.15) is 31.7 Å². The first-order valence-electron chi connectivity index (χ1n) is 7.93. The number of likely N-dealkylation sites (N-methyl/N-ethyl adjacent to an activating group) is 2. The summed E-state index contributed by atoms with van der Waals surface area (Å²) in [6, 6.07) is 8.31. The lowest BCUT2D eigenvalue weighted by molar-refractivity contribution is -0.130. The number of anilines is 1. The quantitative estimate of drug-likeness (QED) is 0.792. The van der Waals surface area contributed by atoms with Crippen molar-refractivity contribution in [1.29, 1.82) is 0 Å². The summed E-state index contributed by atoms with van der Waals surface area (Å²) in [5.41, 5.74) is 7.76. The second-order valence-corrected chi connectivity index (χ2v) is 5.90. The van der Waals surface area contributed by atoms with Crippen LogP contribution >= 0.6 is 24.8 Å². The van der Waals surface area contributed by atoms with Gasteiger partial charge in [0.2, 0.25) is 5.91 Å². The average Bonchev–Trinajstić information content (AvgIpc) is 2.93. The van der Waals surface area contributed by atoms with Crippen LogP contribution in [-0.2, 0) is 11.2 Å². The molecule has 1 amide bonds. The number of nitrogens with two attached hydrogens (primary N) is 1. The molecule has 0 spiro atoms. The van der Waals surface area contributed by atoms with Crippen LogP contribution in [0.25, 0.3) is 0 Å². The SMILES string of the molecule is CCN1CCCC1CN(C)C(=O)CCc1ccccc1N.Cl.Cl. The van der Waals surface area contributed by atoms with Crippen molar-refractivity contribution >= 4 is 36.4 Å². The van der Waals surface area contributed by atoms with Crippen LogP contribution in [0, 0.1) is 0 Å². The van der Waals surface area contributed by atoms with E-state index in [4.69, 9.17) is 5.73 Å². The van der Waals surface area contributed by atoms with Crippen molar-refractivity contribution in [2.45, 2.75) is 38.6 Å². The maximum absolute atomic E-state index is 12.3. The Kier molecular flexibility index (Phi) is 10.3. The van der Waals surface area contributed by atoms with Crippen LogP contribution in [-0.4, -0.2) is 48.4 Å². The molecule has 1 aromatic carbocycles. The Hall–Kier alpha value is -0.970. The van der Waals surface area contributed by atoms with Crippen LogP contribution < -0.4 is 5.73 Å². The smallest absolute Gasteiger partial charge is 0.222 e. The molecule has 1 unspecified atom stereocenters. The topological polar surface area (TPSA) is 49.6 Å². The summed E-state index contributed by atoms with van der Waals surface area (Å²) >= 11 is 0. The zero-order valence-electron chi connectivity index (χ0n) is 14.0. The second kappa shape index (κ2) is 10.7. The minimum absolute atomic E-state index is 0. The fraction of sp³-hybridized carbons (Fsp3) is 0.588. The van der Waals surface area contributed by atoms with Crippen LogP contribution in [0.4, 0.5) is 5.69 Å². The Labute approximate surface area is 152 Å². The van der Waals surface area contributed by atoms with Gasteiger partial charge in [-0.1, -0.05) is 25.1 Å². The Morgan fingerprint density at radius 3 is 2.70 bits per heavy atom. The van der Waals surface area contributed by atoms with E-state index in [2.05, 4.69) is 11.8 Å². The molecule has 2 rings (SSSR count). The summed E-state index contributed by atoms with van der Waals surface area (Å²) in [7, 11) is 1.92. The van der Waals surface area contributed by atoms with Gasteiger partial charge in [-0.2, -0.15) is 0 Å². The lowest BCUT2D eigenvalue weighted by Gasteiger charge is -2.27. The van der Waals surface area contributed by atoms with Crippen molar-refractivity contribution in [3.05, 3.63) is 29.8 Å². The molecule has 0 aliphatic carbocycles. The minimum Gasteiger partial charge on any atom is -0.399 e. The van der Waals surface area contributed by atoms with Gasteiger partial charge >= 0.3 is 0 Å². The molecule has 0 radical (unpaired) electrons. The van der Waals surface area contributed by atoms with E-state index in [0.717, 1.165) is 30.8 Å². The molecular weight excluding hydrogens is 333 g/mol. The van der Waals surface area contributed by atoms with Crippen molar-refractivity contribution < 1.29 is 4.79 Å². The Bertz CT molecular complexity index is 485. The molecule has 23 heavy (non-hydrogen) atoms. The Morgan fingerprint density at radius 2 is 2.04 bits per heavy atom. The number of benzene rings is 1. The van der Waals surface area contributed by atoms with E-state index in [-0.39, 0.29) is 30.7 Å². The van der Waals surface area contributed by atoms with Crippen LogP contribution in [0.3, 0.4) is 0 Å². The first-order chi connectivity index (χ1) is 10.1. The third-order valence-electron chi connectivity index (χ3n) is 4.48. The number of para-hydroxylation sites is 1. The minimum atomic E-state index is 0. The highest BCUT2D eigenvalue weighted by Crippen LogP contribution is 2.18. The van der Waals surface area contributed by atoms with Gasteiger partial charge in [0.1, 0.15) is 0 Å². The monoisotopic (exact) mass is 361 g/mol. The Balaban J connectivity index is 0.00000242. The van der Waals surface area contributed by atoms with Gasteiger partial charge in [-0.05, 0) is 44.0 Å². The summed E-state index contributed by atoms with van der Waals surface area (Å²) in [5, 5.41) is 0. The predicted molar refractivity (Wildman–Crippen MR) is 102 cm³/mol. The molecule has 1 fully saturated rings. The van der Waals surface area contributed by atoms with Gasteiger partial charge in [-0.25, -0.2) is 0 Å². The summed E-state index contributed by atoms with van der Waals surface area (Å²) in [6.07, 6.45) is 3.71. The highest BCUT2D eigenvalue weighted by molar-refractivity contribution is 5.85. The molecule has 1 saturated heterocycles. The molecule has 1 aromatic rings. The van der Waals surface area contributed by atoms with Gasteiger partial charge in [-0.3, -0.25) is 9.69 Å². The van der Waals surface area contributed by atoms with Gasteiger partial charge in [-0.15, -0.1) is 24.8 Å². The predicted octanol–water partition coefficient (Wildman–Crippen LogP) is 2.99. The summed E-state index contributed by atoms with van der Waals surface area (Å²) in [6.45, 7) is 5.28. The van der Waals surface area contributed by atoms with Crippen molar-refractivity contribution in [1.82, 2.24) is 9.80 Å². The number of hydrogen-bond donors (Lipinski definition) is 1. The number of halogens is 2. The third-order valence-corrected chi connectivity index (χ3v) is 4.48. The molecule has 1 heterocycles. The molecule has 0 aromatic heterocycles. The van der Waals surface area contributed by atoms with Crippen molar-refractivity contribution in [2.24, 2.45) is 0 Å². The lowest BCUT2D eigenvalue weighted by atomic mass is 10.1. The molecule has 4 nitrogen and oxygen atoms in total. The van der Waals surface area contributed by atoms with Gasteiger partial charge in [0.25, 0.3) is 0 Å². The van der Waals surface area contributed by atoms with Gasteiger partial charge in [0.05, 0.1) is 0 Å². The zero-order valence-corrected chi connectivity index (χ0v) is 15.7. The average molecular weight is 362 g/mol. The van der Waals surface area contributed by atoms with Crippen molar-refractivity contribution in [3.8, 4) is 0 Å². The molecule has 132 valence electrons. The van der Waals surface area contributed by atoms with Gasteiger partial charge in [0, 0.05) is 31.7 Å². The maximum atomic E-state index is 12.3. The number of carbonyl (C=O) groups excluding carboxylic acids is 1. The summed E-state index contributed by atoms with van der Waals surface area (Å²) in [4.78, 5) is 16.6. The fourth-order valence-corrected chi connectivity index (χ4v) is 3.13. The highest BCUT2D eigenvalue weighted by Gasteiger charge is 2.25. The van der Waals surface area contributed by atoms with E-state index in [1.54, 1.807) is 0 Å². The third kappa shape index (κ3) is 6.21. The van der Waals surface area contributed by atoms with Crippen LogP contribution in [0.2, 0.25) is 0 Å². The van der Waals surface area contributed by atoms with Crippen molar-refractivity contribution in [2.75, 3.05) is 32.4 Å². The number of hydrogen-bond acceptors (Lipinski definition) is 3. The van der Waals surface area contributed by atoms with E-state index in [1.165, 1.54) is 19.4 Å². The molecule has 1 aliphatic heterocycles. The van der Waals surface area contributed by atoms with E-state index in [0.29, 0.717) is 12.5 Å². The number of amides is 1. The van der Waals surface area contributed by atoms with E-state index < -0.39 is 0 Å². The zero-order chi connectivity index (χ0) is 15.2. The second-order valence-electron chi connectivity index (χ2n) is 5.90. The normalized spacial score (nSPS) is 17.2.